The number of hydrogen-bond donors (Lipinski definition) is 6. The number of nitrogen functional groups attached to an aromatic ring is 1. The molecule has 0 amide bonds. The van der Waals surface area contributed by atoms with Gasteiger partial charge < -0.3 is 45.6 Å². The lowest BCUT2D eigenvalue weighted by Crippen LogP contribution is -2.40. The van der Waals surface area contributed by atoms with Gasteiger partial charge in [-0.05, 0) is 18.0 Å². The summed E-state index contributed by atoms with van der Waals surface area (Å²) < 4.78 is 59.2. The van der Waals surface area contributed by atoms with E-state index in [-0.39, 0.29) is 5.82 Å². The smallest absolute Gasteiger partial charge is 0.397 e. The second-order valence-electron chi connectivity index (χ2n) is 8.74. The Bertz CT molecular complexity index is 1380. The van der Waals surface area contributed by atoms with Crippen LogP contribution in [0.5, 0.6) is 5.88 Å². The van der Waals surface area contributed by atoms with Crippen molar-refractivity contribution in [2.45, 2.75) is 61.2 Å². The monoisotopic (exact) mass is 582 g/mol. The van der Waals surface area contributed by atoms with E-state index in [2.05, 4.69) is 14.5 Å². The van der Waals surface area contributed by atoms with Crippen molar-refractivity contribution in [3.63, 3.8) is 0 Å². The summed E-state index contributed by atoms with van der Waals surface area (Å²) in [5.74, 6) is -1.10. The van der Waals surface area contributed by atoms with Crippen molar-refractivity contribution >= 4 is 13.4 Å². The highest BCUT2D eigenvalue weighted by atomic mass is 31.2. The highest BCUT2D eigenvalue weighted by molar-refractivity contribution is 7.54. The number of nitrogens with two attached hydrogens (primary N) is 1. The molecule has 20 heteroatoms. The number of ether oxygens (including phenoxy) is 2. The van der Waals surface area contributed by atoms with Crippen molar-refractivity contribution in [2.24, 2.45) is 0 Å². The van der Waals surface area contributed by atoms with Crippen LogP contribution in [0.1, 0.15) is 18.9 Å². The first-order valence-corrected chi connectivity index (χ1v) is 12.7. The molecule has 0 saturated carbocycles. The fraction of sp³-hybridized carbons (Fsp3) is 0.579. The number of hydrogen-bond acceptors (Lipinski definition) is 14. The Morgan fingerprint density at radius 2 is 1.59 bits per heavy atom. The molecule has 9 atom stereocenters. The van der Waals surface area contributed by atoms with Crippen LogP contribution in [0.25, 0.3) is 0 Å². The van der Waals surface area contributed by atoms with Crippen LogP contribution < -0.4 is 22.2 Å². The Labute approximate surface area is 215 Å². The molecule has 2 aromatic heterocycles. The number of aliphatic hydroxyl groups excluding tert-OH is 4. The average Bonchev–Trinajstić information content (AvgIpc) is 3.29. The summed E-state index contributed by atoms with van der Waals surface area (Å²) in [7, 11) is -6.08. The first-order chi connectivity index (χ1) is 18.2. The summed E-state index contributed by atoms with van der Waals surface area (Å²) in [6, 6.07) is 1.97. The lowest BCUT2D eigenvalue weighted by molar-refractivity contribution is -0.275. The lowest BCUT2D eigenvalue weighted by atomic mass is 10.1. The number of aliphatic hydroxyl groups is 4. The number of aromatic nitrogens is 4. The number of nitrogens with zero attached hydrogens (tertiary/aromatic N) is 4. The van der Waals surface area contributed by atoms with Gasteiger partial charge in [-0.15, -0.1) is 0 Å². The van der Waals surface area contributed by atoms with E-state index in [9.17, 15) is 44.6 Å². The summed E-state index contributed by atoms with van der Waals surface area (Å²) in [6.07, 6.45) is -15.0. The van der Waals surface area contributed by atoms with Gasteiger partial charge in [-0.3, -0.25) is 18.2 Å². The Balaban J connectivity index is 1.51. The molecule has 2 saturated heterocycles. The first-order valence-electron chi connectivity index (χ1n) is 11.1. The number of rotatable bonds is 8. The van der Waals surface area contributed by atoms with Gasteiger partial charge in [-0.2, -0.15) is 13.8 Å². The van der Waals surface area contributed by atoms with E-state index in [1.54, 1.807) is 0 Å². The average molecular weight is 582 g/mol. The van der Waals surface area contributed by atoms with Crippen molar-refractivity contribution in [2.75, 3.05) is 12.3 Å². The molecule has 0 bridgehead atoms. The van der Waals surface area contributed by atoms with E-state index < -0.39 is 92.6 Å². The quantitative estimate of drug-likeness (QED) is 0.166. The minimum atomic E-state index is -6.08. The third-order valence-electron chi connectivity index (χ3n) is 6.16. The van der Waals surface area contributed by atoms with Crippen LogP contribution in [0.4, 0.5) is 14.6 Å². The van der Waals surface area contributed by atoms with Crippen LogP contribution in [-0.4, -0.2) is 93.3 Å². The molecule has 0 spiro atoms. The van der Waals surface area contributed by atoms with E-state index in [1.807, 2.05) is 0 Å². The number of alkyl halides is 2. The summed E-state index contributed by atoms with van der Waals surface area (Å²) in [5.41, 5.74) is -1.53. The van der Waals surface area contributed by atoms with Gasteiger partial charge in [0.05, 0.1) is 19.1 Å². The standard InChI is InChI=1S/C19H24F2N5O12P/c20-19(21,5-7-11(29)12(30)15(36-7)26-4-2-10(28)24-18(26)33)39(34,35)38-14-8(6-27)37-16(13(14)31)25-3-1-9(22)23-17(25)32/h1-4,7-8,11-16,27,29-31H,5-6H2,(H,34,35)(H2,22,23,32)(H,24,28,33)/p-1/t7-,8-,11-,12-,13-,14-,15-,16-/m1/s1. The summed E-state index contributed by atoms with van der Waals surface area (Å²) in [5, 5.41) is 51.8. The van der Waals surface area contributed by atoms with Crippen molar-refractivity contribution in [1.82, 2.24) is 19.1 Å². The molecule has 2 aromatic rings. The minimum absolute atomic E-state index is 0.179. The maximum absolute atomic E-state index is 15.1. The Morgan fingerprint density at radius 3 is 2.18 bits per heavy atom. The van der Waals surface area contributed by atoms with Crippen LogP contribution in [0, 0.1) is 0 Å². The van der Waals surface area contributed by atoms with E-state index >= 15 is 8.78 Å². The Hall–Kier alpha value is -2.87. The molecule has 4 heterocycles. The second kappa shape index (κ2) is 10.6. The molecule has 39 heavy (non-hydrogen) atoms. The molecule has 7 N–H and O–H groups in total. The summed E-state index contributed by atoms with van der Waals surface area (Å²) in [4.78, 5) is 40.7. The maximum atomic E-state index is 15.1. The molecule has 216 valence electrons. The van der Waals surface area contributed by atoms with Gasteiger partial charge >= 0.3 is 24.6 Å². The number of anilines is 1. The summed E-state index contributed by atoms with van der Waals surface area (Å²) >= 11 is 0. The zero-order valence-electron chi connectivity index (χ0n) is 19.5. The van der Waals surface area contributed by atoms with E-state index in [4.69, 9.17) is 15.2 Å². The van der Waals surface area contributed by atoms with Crippen molar-refractivity contribution in [3.8, 4) is 5.88 Å². The highest BCUT2D eigenvalue weighted by Crippen LogP contribution is 2.62. The van der Waals surface area contributed by atoms with Gasteiger partial charge in [0.15, 0.2) is 12.5 Å². The Morgan fingerprint density at radius 1 is 1.03 bits per heavy atom. The van der Waals surface area contributed by atoms with E-state index in [1.165, 1.54) is 0 Å². The van der Waals surface area contributed by atoms with Gasteiger partial charge in [-0.1, -0.05) is 0 Å². The zero-order chi connectivity index (χ0) is 28.9. The molecule has 4 rings (SSSR count). The maximum Gasteiger partial charge on any atom is 0.397 e. The van der Waals surface area contributed by atoms with Gasteiger partial charge in [0, 0.05) is 12.4 Å². The van der Waals surface area contributed by atoms with Crippen LogP contribution in [-0.2, 0) is 18.6 Å². The molecular formula is C19H23F2N5O12P-. The minimum Gasteiger partial charge on any atom is -0.858 e. The Kier molecular flexibility index (Phi) is 7.92. The van der Waals surface area contributed by atoms with Gasteiger partial charge in [0.25, 0.3) is 0 Å². The molecular weight excluding hydrogens is 559 g/mol. The fourth-order valence-electron chi connectivity index (χ4n) is 4.16. The molecule has 0 aliphatic carbocycles. The van der Waals surface area contributed by atoms with Crippen LogP contribution in [0.2, 0.25) is 0 Å². The molecule has 2 fully saturated rings. The van der Waals surface area contributed by atoms with Crippen molar-refractivity contribution in [3.05, 3.63) is 45.5 Å². The van der Waals surface area contributed by atoms with Crippen LogP contribution >= 0.6 is 7.60 Å². The lowest BCUT2D eigenvalue weighted by Gasteiger charge is -2.29. The zero-order valence-corrected chi connectivity index (χ0v) is 20.4. The number of halogens is 2. The predicted octanol–water partition coefficient (Wildman–Crippen LogP) is -3.42. The normalized spacial score (nSPS) is 32.8. The largest absolute Gasteiger partial charge is 0.858 e. The van der Waals surface area contributed by atoms with Crippen molar-refractivity contribution in [1.29, 1.82) is 0 Å². The predicted molar refractivity (Wildman–Crippen MR) is 118 cm³/mol. The fourth-order valence-corrected chi connectivity index (χ4v) is 5.32. The van der Waals surface area contributed by atoms with Gasteiger partial charge in [-0.25, -0.2) is 14.6 Å². The highest BCUT2D eigenvalue weighted by Gasteiger charge is 2.60. The van der Waals surface area contributed by atoms with E-state index in [0.717, 1.165) is 24.5 Å². The third-order valence-corrected chi connectivity index (χ3v) is 7.69. The molecule has 17 nitrogen and oxygen atoms in total. The molecule has 2 aliphatic rings. The topological polar surface area (TPSA) is 265 Å². The molecule has 0 aromatic carbocycles. The second-order valence-corrected chi connectivity index (χ2v) is 10.6. The van der Waals surface area contributed by atoms with Crippen LogP contribution in [0.3, 0.4) is 0 Å². The van der Waals surface area contributed by atoms with E-state index in [0.29, 0.717) is 9.13 Å². The molecule has 0 radical (unpaired) electrons. The van der Waals surface area contributed by atoms with Gasteiger partial charge in [0.1, 0.15) is 36.3 Å². The van der Waals surface area contributed by atoms with Crippen molar-refractivity contribution < 1.29 is 57.8 Å². The first kappa shape index (κ1) is 29.1. The third kappa shape index (κ3) is 5.45. The molecule has 2 aliphatic heterocycles. The summed E-state index contributed by atoms with van der Waals surface area (Å²) in [6.45, 7) is -0.982. The van der Waals surface area contributed by atoms with Crippen LogP contribution in [0.15, 0.2) is 34.1 Å². The van der Waals surface area contributed by atoms with Gasteiger partial charge in [0.2, 0.25) is 0 Å². The SMILES string of the molecule is Nc1ccn([C@@H]2O[C@H](CO)[C@@H](OP(=O)(O)C(F)(F)C[C@H]3O[C@@H](n4ccc([O-])nc4=O)[C@H](O)[C@@H]3O)[C@H]2O)c(=O)n1. The molecule has 1 unspecified atom stereocenters.